The van der Waals surface area contributed by atoms with Gasteiger partial charge in [-0.3, -0.25) is 0 Å². The van der Waals surface area contributed by atoms with Crippen LogP contribution in [-0.2, 0) is 16.1 Å². The topological polar surface area (TPSA) is 38.7 Å². The summed E-state index contributed by atoms with van der Waals surface area (Å²) in [6.07, 6.45) is 3.66. The van der Waals surface area contributed by atoms with E-state index >= 15 is 0 Å². The largest absolute Gasteiger partial charge is 0.389 e. The van der Waals surface area contributed by atoms with Gasteiger partial charge in [0.2, 0.25) is 0 Å². The van der Waals surface area contributed by atoms with Crippen LogP contribution in [0.3, 0.4) is 0 Å². The van der Waals surface area contributed by atoms with Crippen molar-refractivity contribution in [1.82, 2.24) is 0 Å². The molecule has 1 aromatic carbocycles. The molecule has 104 valence electrons. The molecule has 1 aromatic rings. The monoisotopic (exact) mass is 262 g/mol. The van der Waals surface area contributed by atoms with E-state index < -0.39 is 5.60 Å². The highest BCUT2D eigenvalue weighted by Gasteiger charge is 2.33. The zero-order valence-corrected chi connectivity index (χ0v) is 11.3. The first-order valence-electron chi connectivity index (χ1n) is 6.78. The average Bonchev–Trinajstić information content (AvgIpc) is 2.40. The van der Waals surface area contributed by atoms with Crippen molar-refractivity contribution in [3.8, 4) is 0 Å². The van der Waals surface area contributed by atoms with Gasteiger partial charge in [0.1, 0.15) is 0 Å². The van der Waals surface area contributed by atoms with Crippen LogP contribution in [0.15, 0.2) is 43.0 Å². The van der Waals surface area contributed by atoms with E-state index in [0.717, 1.165) is 5.56 Å². The van der Waals surface area contributed by atoms with Crippen molar-refractivity contribution in [1.29, 1.82) is 0 Å². The van der Waals surface area contributed by atoms with E-state index in [2.05, 4.69) is 6.58 Å². The van der Waals surface area contributed by atoms with Gasteiger partial charge < -0.3 is 14.6 Å². The number of rotatable bonds is 6. The van der Waals surface area contributed by atoms with E-state index in [1.807, 2.05) is 30.3 Å². The summed E-state index contributed by atoms with van der Waals surface area (Å²) in [7, 11) is 0. The Morgan fingerprint density at radius 2 is 2.21 bits per heavy atom. The van der Waals surface area contributed by atoms with Crippen LogP contribution in [0.25, 0.3) is 0 Å². The van der Waals surface area contributed by atoms with E-state index in [4.69, 9.17) is 9.47 Å². The lowest BCUT2D eigenvalue weighted by Gasteiger charge is -2.36. The molecule has 0 aromatic heterocycles. The van der Waals surface area contributed by atoms with Crippen LogP contribution in [0.4, 0.5) is 0 Å². The summed E-state index contributed by atoms with van der Waals surface area (Å²) in [6.45, 7) is 5.39. The lowest BCUT2D eigenvalue weighted by atomic mass is 9.87. The molecule has 3 heteroatoms. The molecule has 2 rings (SSSR count). The van der Waals surface area contributed by atoms with E-state index in [1.54, 1.807) is 6.08 Å². The van der Waals surface area contributed by atoms with Gasteiger partial charge in [0.15, 0.2) is 0 Å². The summed E-state index contributed by atoms with van der Waals surface area (Å²) in [5, 5.41) is 10.4. The molecule has 1 heterocycles. The molecule has 0 spiro atoms. The predicted molar refractivity (Wildman–Crippen MR) is 74.8 cm³/mol. The van der Waals surface area contributed by atoms with Crippen LogP contribution in [0.5, 0.6) is 0 Å². The molecular weight excluding hydrogens is 240 g/mol. The Hall–Kier alpha value is -1.16. The van der Waals surface area contributed by atoms with Crippen molar-refractivity contribution in [2.45, 2.75) is 37.6 Å². The maximum atomic E-state index is 10.4. The van der Waals surface area contributed by atoms with Gasteiger partial charge in [0.25, 0.3) is 0 Å². The molecule has 19 heavy (non-hydrogen) atoms. The summed E-state index contributed by atoms with van der Waals surface area (Å²) in [4.78, 5) is 0. The van der Waals surface area contributed by atoms with Crippen molar-refractivity contribution in [3.63, 3.8) is 0 Å². The van der Waals surface area contributed by atoms with Gasteiger partial charge in [0, 0.05) is 13.0 Å². The molecule has 0 bridgehead atoms. The fourth-order valence-electron chi connectivity index (χ4n) is 2.44. The first-order chi connectivity index (χ1) is 9.22. The molecule has 1 aliphatic heterocycles. The SMILES string of the molecule is C=CC[C@]1(O)CCO[C@H](COCc2ccccc2)C1. The molecule has 1 aliphatic rings. The molecule has 0 radical (unpaired) electrons. The lowest BCUT2D eigenvalue weighted by Crippen LogP contribution is -2.42. The van der Waals surface area contributed by atoms with E-state index in [-0.39, 0.29) is 6.10 Å². The minimum absolute atomic E-state index is 0.0255. The van der Waals surface area contributed by atoms with Crippen LogP contribution in [-0.4, -0.2) is 30.0 Å². The van der Waals surface area contributed by atoms with E-state index in [1.165, 1.54) is 0 Å². The van der Waals surface area contributed by atoms with Gasteiger partial charge >= 0.3 is 0 Å². The van der Waals surface area contributed by atoms with Crippen LogP contribution in [0.2, 0.25) is 0 Å². The Kier molecular flexibility index (Phi) is 5.14. The summed E-state index contributed by atoms with van der Waals surface area (Å²) in [5.41, 5.74) is 0.487. The Morgan fingerprint density at radius 3 is 2.95 bits per heavy atom. The van der Waals surface area contributed by atoms with Crippen molar-refractivity contribution < 1.29 is 14.6 Å². The van der Waals surface area contributed by atoms with E-state index in [0.29, 0.717) is 39.1 Å². The third-order valence-electron chi connectivity index (χ3n) is 3.47. The highest BCUT2D eigenvalue weighted by Crippen LogP contribution is 2.28. The highest BCUT2D eigenvalue weighted by atomic mass is 16.5. The molecule has 0 unspecified atom stereocenters. The number of ether oxygens (including phenoxy) is 2. The first-order valence-corrected chi connectivity index (χ1v) is 6.78. The second-order valence-corrected chi connectivity index (χ2v) is 5.16. The number of benzene rings is 1. The first kappa shape index (κ1) is 14.3. The molecule has 3 nitrogen and oxygen atoms in total. The van der Waals surface area contributed by atoms with Crippen LogP contribution in [0, 0.1) is 0 Å². The molecule has 0 aliphatic carbocycles. The quantitative estimate of drug-likeness (QED) is 0.801. The third-order valence-corrected chi connectivity index (χ3v) is 3.47. The minimum atomic E-state index is -0.666. The van der Waals surface area contributed by atoms with Crippen LogP contribution < -0.4 is 0 Å². The average molecular weight is 262 g/mol. The number of aliphatic hydroxyl groups is 1. The van der Waals surface area contributed by atoms with Crippen molar-refractivity contribution in [2.75, 3.05) is 13.2 Å². The summed E-state index contributed by atoms with van der Waals surface area (Å²) in [6, 6.07) is 10.1. The smallest absolute Gasteiger partial charge is 0.0836 e. The Labute approximate surface area is 114 Å². The third kappa shape index (κ3) is 4.46. The Balaban J connectivity index is 1.75. The lowest BCUT2D eigenvalue weighted by molar-refractivity contribution is -0.124. The molecular formula is C16H22O3. The number of hydrogen-bond acceptors (Lipinski definition) is 3. The Bertz CT molecular complexity index is 390. The second kappa shape index (κ2) is 6.85. The van der Waals surface area contributed by atoms with Crippen molar-refractivity contribution >= 4 is 0 Å². The van der Waals surface area contributed by atoms with Gasteiger partial charge in [-0.2, -0.15) is 0 Å². The molecule has 0 amide bonds. The van der Waals surface area contributed by atoms with Crippen LogP contribution >= 0.6 is 0 Å². The Morgan fingerprint density at radius 1 is 1.42 bits per heavy atom. The van der Waals surface area contributed by atoms with Crippen molar-refractivity contribution in [3.05, 3.63) is 48.6 Å². The standard InChI is InChI=1S/C16H22O3/c1-2-8-16(17)9-10-19-15(11-16)13-18-12-14-6-4-3-5-7-14/h2-7,15,17H,1,8-13H2/t15-,16-/m0/s1. The molecule has 1 saturated heterocycles. The summed E-state index contributed by atoms with van der Waals surface area (Å²) < 4.78 is 11.3. The van der Waals surface area contributed by atoms with Gasteiger partial charge in [-0.25, -0.2) is 0 Å². The molecule has 0 saturated carbocycles. The minimum Gasteiger partial charge on any atom is -0.389 e. The highest BCUT2D eigenvalue weighted by molar-refractivity contribution is 5.13. The molecule has 2 atom stereocenters. The predicted octanol–water partition coefficient (Wildman–Crippen LogP) is 2.69. The fourth-order valence-corrected chi connectivity index (χ4v) is 2.44. The maximum Gasteiger partial charge on any atom is 0.0836 e. The second-order valence-electron chi connectivity index (χ2n) is 5.16. The number of hydrogen-bond donors (Lipinski definition) is 1. The van der Waals surface area contributed by atoms with Crippen molar-refractivity contribution in [2.24, 2.45) is 0 Å². The van der Waals surface area contributed by atoms with Gasteiger partial charge in [0.05, 0.1) is 24.9 Å². The maximum absolute atomic E-state index is 10.4. The zero-order valence-electron chi connectivity index (χ0n) is 11.3. The molecule has 1 N–H and O–H groups in total. The van der Waals surface area contributed by atoms with E-state index in [9.17, 15) is 5.11 Å². The molecule has 1 fully saturated rings. The normalized spacial score (nSPS) is 27.1. The van der Waals surface area contributed by atoms with Gasteiger partial charge in [-0.1, -0.05) is 36.4 Å². The summed E-state index contributed by atoms with van der Waals surface area (Å²) >= 11 is 0. The van der Waals surface area contributed by atoms with Gasteiger partial charge in [-0.05, 0) is 18.4 Å². The zero-order chi connectivity index (χ0) is 13.6. The van der Waals surface area contributed by atoms with Gasteiger partial charge in [-0.15, -0.1) is 6.58 Å². The summed E-state index contributed by atoms with van der Waals surface area (Å²) in [5.74, 6) is 0. The fraction of sp³-hybridized carbons (Fsp3) is 0.500. The van der Waals surface area contributed by atoms with Crippen LogP contribution in [0.1, 0.15) is 24.8 Å².